The highest BCUT2D eigenvalue weighted by atomic mass is 32.2. The maximum absolute atomic E-state index is 13.3. The summed E-state index contributed by atoms with van der Waals surface area (Å²) in [6.07, 6.45) is 2.69. The second-order valence-electron chi connectivity index (χ2n) is 4.14. The van der Waals surface area contributed by atoms with E-state index in [0.29, 0.717) is 23.0 Å². The first-order valence-corrected chi connectivity index (χ1v) is 7.04. The zero-order chi connectivity index (χ0) is 12.7. The third-order valence-corrected chi connectivity index (χ3v) is 4.00. The van der Waals surface area contributed by atoms with Crippen LogP contribution in [-0.2, 0) is 4.79 Å². The van der Waals surface area contributed by atoms with Crippen molar-refractivity contribution in [3.05, 3.63) is 30.1 Å². The minimum absolute atomic E-state index is 0.215. The molecule has 0 aromatic heterocycles. The van der Waals surface area contributed by atoms with Crippen LogP contribution in [0.4, 0.5) is 4.39 Å². The van der Waals surface area contributed by atoms with Gasteiger partial charge in [0.2, 0.25) is 0 Å². The van der Waals surface area contributed by atoms with Crippen molar-refractivity contribution in [2.45, 2.75) is 38.0 Å². The zero-order valence-corrected chi connectivity index (χ0v) is 11.2. The highest BCUT2D eigenvalue weighted by Gasteiger charge is 2.11. The topological polar surface area (TPSA) is 17.1 Å². The number of carbonyl (C=O) groups is 1. The molecule has 0 saturated carbocycles. The molecule has 0 radical (unpaired) electrons. The maximum Gasteiger partial charge on any atom is 0.143 e. The van der Waals surface area contributed by atoms with Crippen molar-refractivity contribution >= 4 is 17.5 Å². The fourth-order valence-electron chi connectivity index (χ4n) is 1.68. The summed E-state index contributed by atoms with van der Waals surface area (Å²) in [6.45, 7) is 4.21. The summed E-state index contributed by atoms with van der Waals surface area (Å²) in [5.74, 6) is 0.820. The second-order valence-corrected chi connectivity index (χ2v) is 5.16. The van der Waals surface area contributed by atoms with Gasteiger partial charge in [0.1, 0.15) is 11.6 Å². The summed E-state index contributed by atoms with van der Waals surface area (Å²) in [6, 6.07) is 6.58. The first-order chi connectivity index (χ1) is 8.17. The SMILES string of the molecule is CCC(CC)CC(=O)CSc1ccccc1F. The minimum atomic E-state index is -0.243. The molecule has 1 aromatic rings. The van der Waals surface area contributed by atoms with E-state index < -0.39 is 0 Å². The Bertz CT molecular complexity index is 361. The number of rotatable bonds is 7. The van der Waals surface area contributed by atoms with E-state index in [1.165, 1.54) is 17.8 Å². The molecule has 0 aliphatic rings. The number of carbonyl (C=O) groups excluding carboxylic acids is 1. The predicted octanol–water partition coefficient (Wildman–Crippen LogP) is 4.31. The van der Waals surface area contributed by atoms with Gasteiger partial charge in [-0.3, -0.25) is 4.79 Å². The first kappa shape index (κ1) is 14.2. The van der Waals surface area contributed by atoms with Crippen LogP contribution in [0.2, 0.25) is 0 Å². The molecule has 1 nitrogen and oxygen atoms in total. The molecule has 0 amide bonds. The average Bonchev–Trinajstić information content (AvgIpc) is 2.35. The van der Waals surface area contributed by atoms with E-state index in [1.807, 2.05) is 0 Å². The molecule has 1 aromatic carbocycles. The van der Waals surface area contributed by atoms with Gasteiger partial charge in [0.15, 0.2) is 0 Å². The van der Waals surface area contributed by atoms with Crippen LogP contribution >= 0.6 is 11.8 Å². The number of hydrogen-bond donors (Lipinski definition) is 0. The third-order valence-electron chi connectivity index (χ3n) is 2.90. The molecule has 0 atom stereocenters. The molecule has 0 saturated heterocycles. The lowest BCUT2D eigenvalue weighted by atomic mass is 9.98. The van der Waals surface area contributed by atoms with Gasteiger partial charge in [-0.05, 0) is 18.1 Å². The smallest absolute Gasteiger partial charge is 0.143 e. The van der Waals surface area contributed by atoms with Crippen LogP contribution in [0.25, 0.3) is 0 Å². The van der Waals surface area contributed by atoms with Crippen molar-refractivity contribution in [2.24, 2.45) is 5.92 Å². The third kappa shape index (κ3) is 4.90. The second kappa shape index (κ2) is 7.49. The fourth-order valence-corrected chi connectivity index (χ4v) is 2.49. The van der Waals surface area contributed by atoms with Crippen molar-refractivity contribution in [1.29, 1.82) is 0 Å². The highest BCUT2D eigenvalue weighted by molar-refractivity contribution is 8.00. The van der Waals surface area contributed by atoms with E-state index >= 15 is 0 Å². The summed E-state index contributed by atoms with van der Waals surface area (Å²) in [5, 5.41) is 0. The van der Waals surface area contributed by atoms with E-state index in [1.54, 1.807) is 18.2 Å². The van der Waals surface area contributed by atoms with Crippen molar-refractivity contribution in [1.82, 2.24) is 0 Å². The lowest BCUT2D eigenvalue weighted by Crippen LogP contribution is -2.09. The molecule has 0 spiro atoms. The van der Waals surface area contributed by atoms with Gasteiger partial charge in [-0.2, -0.15) is 0 Å². The van der Waals surface area contributed by atoms with Crippen LogP contribution in [0.15, 0.2) is 29.2 Å². The molecule has 3 heteroatoms. The predicted molar refractivity (Wildman–Crippen MR) is 70.8 cm³/mol. The van der Waals surface area contributed by atoms with Crippen molar-refractivity contribution in [3.63, 3.8) is 0 Å². The van der Waals surface area contributed by atoms with Gasteiger partial charge < -0.3 is 0 Å². The average molecular weight is 254 g/mol. The molecule has 0 heterocycles. The Morgan fingerprint density at radius 2 is 1.94 bits per heavy atom. The number of hydrogen-bond acceptors (Lipinski definition) is 2. The van der Waals surface area contributed by atoms with Crippen molar-refractivity contribution in [2.75, 3.05) is 5.75 Å². The number of benzene rings is 1. The maximum atomic E-state index is 13.3. The van der Waals surface area contributed by atoms with Gasteiger partial charge in [-0.25, -0.2) is 4.39 Å². The van der Waals surface area contributed by atoms with E-state index in [2.05, 4.69) is 13.8 Å². The van der Waals surface area contributed by atoms with Crippen molar-refractivity contribution < 1.29 is 9.18 Å². The van der Waals surface area contributed by atoms with Crippen LogP contribution in [0.1, 0.15) is 33.1 Å². The van der Waals surface area contributed by atoms with Crippen molar-refractivity contribution in [3.8, 4) is 0 Å². The first-order valence-electron chi connectivity index (χ1n) is 6.06. The van der Waals surface area contributed by atoms with Crippen LogP contribution < -0.4 is 0 Å². The van der Waals surface area contributed by atoms with Crippen LogP contribution in [0, 0.1) is 11.7 Å². The summed E-state index contributed by atoms with van der Waals surface area (Å²) in [7, 11) is 0. The van der Waals surface area contributed by atoms with Crippen LogP contribution in [0.3, 0.4) is 0 Å². The molecular weight excluding hydrogens is 235 g/mol. The lowest BCUT2D eigenvalue weighted by Gasteiger charge is -2.10. The summed E-state index contributed by atoms with van der Waals surface area (Å²) >= 11 is 1.29. The Hall–Kier alpha value is -0.830. The van der Waals surface area contributed by atoms with Crippen LogP contribution in [-0.4, -0.2) is 11.5 Å². The molecule has 1 rings (SSSR count). The fraction of sp³-hybridized carbons (Fsp3) is 0.500. The Balaban J connectivity index is 2.41. The number of thioether (sulfide) groups is 1. The van der Waals surface area contributed by atoms with Gasteiger partial charge >= 0.3 is 0 Å². The zero-order valence-electron chi connectivity index (χ0n) is 10.4. The Labute approximate surface area is 107 Å². The van der Waals surface area contributed by atoms with E-state index in [0.717, 1.165) is 12.8 Å². The summed E-state index contributed by atoms with van der Waals surface area (Å²) in [5.41, 5.74) is 0. The minimum Gasteiger partial charge on any atom is -0.299 e. The van der Waals surface area contributed by atoms with Gasteiger partial charge in [-0.1, -0.05) is 38.8 Å². The van der Waals surface area contributed by atoms with Gasteiger partial charge in [0, 0.05) is 11.3 Å². The van der Waals surface area contributed by atoms with Crippen LogP contribution in [0.5, 0.6) is 0 Å². The summed E-state index contributed by atoms with van der Waals surface area (Å²) in [4.78, 5) is 12.3. The molecular formula is C14H19FOS. The Kier molecular flexibility index (Phi) is 6.27. The molecule has 0 aliphatic carbocycles. The summed E-state index contributed by atoms with van der Waals surface area (Å²) < 4.78 is 13.3. The van der Waals surface area contributed by atoms with Gasteiger partial charge in [0.05, 0.1) is 5.75 Å². The molecule has 17 heavy (non-hydrogen) atoms. The Morgan fingerprint density at radius 3 is 2.53 bits per heavy atom. The molecule has 0 fully saturated rings. The number of Topliss-reactive ketones (excluding diaryl/α,β-unsaturated/α-hetero) is 1. The Morgan fingerprint density at radius 1 is 1.29 bits per heavy atom. The van der Waals surface area contributed by atoms with Gasteiger partial charge in [-0.15, -0.1) is 11.8 Å². The molecule has 0 unspecified atom stereocenters. The number of halogens is 1. The van der Waals surface area contributed by atoms with E-state index in [4.69, 9.17) is 0 Å². The largest absolute Gasteiger partial charge is 0.299 e. The monoisotopic (exact) mass is 254 g/mol. The quantitative estimate of drug-likeness (QED) is 0.674. The van der Waals surface area contributed by atoms with Gasteiger partial charge in [0.25, 0.3) is 0 Å². The lowest BCUT2D eigenvalue weighted by molar-refractivity contribution is -0.117. The molecule has 0 aliphatic heterocycles. The highest BCUT2D eigenvalue weighted by Crippen LogP contribution is 2.22. The normalized spacial score (nSPS) is 10.8. The molecule has 94 valence electrons. The van der Waals surface area contributed by atoms with E-state index in [-0.39, 0.29) is 11.6 Å². The standard InChI is InChI=1S/C14H19FOS/c1-3-11(4-2)9-12(16)10-17-14-8-6-5-7-13(14)15/h5-8,11H,3-4,9-10H2,1-2H3. The van der Waals surface area contributed by atoms with E-state index in [9.17, 15) is 9.18 Å². The number of ketones is 1. The molecule has 0 bridgehead atoms. The molecule has 0 N–H and O–H groups in total.